The zero-order valence-electron chi connectivity index (χ0n) is 14.4. The van der Waals surface area contributed by atoms with E-state index in [1.54, 1.807) is 0 Å². The largest absolute Gasteiger partial charge is 0.372 e. The number of hydrogen-bond donors (Lipinski definition) is 0. The van der Waals surface area contributed by atoms with Crippen molar-refractivity contribution in [1.82, 2.24) is 30.0 Å². The minimum absolute atomic E-state index is 0.0465. The second-order valence-corrected chi connectivity index (χ2v) is 7.02. The van der Waals surface area contributed by atoms with E-state index in [-0.39, 0.29) is 12.1 Å². The fraction of sp³-hybridized carbons (Fsp3) is 0.750. The summed E-state index contributed by atoms with van der Waals surface area (Å²) in [7, 11) is 4.05. The van der Waals surface area contributed by atoms with E-state index in [0.717, 1.165) is 36.9 Å². The van der Waals surface area contributed by atoms with Crippen LogP contribution in [0.5, 0.6) is 0 Å². The molecule has 0 bridgehead atoms. The van der Waals surface area contributed by atoms with Gasteiger partial charge in [0.25, 0.3) is 0 Å². The predicted molar refractivity (Wildman–Crippen MR) is 88.6 cm³/mol. The molecule has 0 radical (unpaired) electrons. The molecule has 0 spiro atoms. The molecule has 3 heterocycles. The van der Waals surface area contributed by atoms with Gasteiger partial charge in [0.15, 0.2) is 0 Å². The van der Waals surface area contributed by atoms with E-state index < -0.39 is 0 Å². The summed E-state index contributed by atoms with van der Waals surface area (Å²) in [6.45, 7) is 1.75. The Morgan fingerprint density at radius 3 is 2.92 bits per heavy atom. The van der Waals surface area contributed by atoms with Gasteiger partial charge in [-0.1, -0.05) is 11.5 Å². The first-order valence-electron chi connectivity index (χ1n) is 8.81. The highest BCUT2D eigenvalue weighted by atomic mass is 16.5. The summed E-state index contributed by atoms with van der Waals surface area (Å²) in [6.07, 6.45) is 7.67. The van der Waals surface area contributed by atoms with Gasteiger partial charge in [-0.25, -0.2) is 4.68 Å². The molecule has 8 heteroatoms. The van der Waals surface area contributed by atoms with E-state index >= 15 is 0 Å². The topological polar surface area (TPSA) is 73.9 Å². The molecule has 2 aromatic rings. The van der Waals surface area contributed by atoms with E-state index in [9.17, 15) is 0 Å². The Morgan fingerprint density at radius 2 is 2.21 bits per heavy atom. The number of nitrogens with zero attached hydrogens (tertiary/aromatic N) is 7. The van der Waals surface area contributed by atoms with Crippen molar-refractivity contribution in [1.29, 1.82) is 0 Å². The van der Waals surface area contributed by atoms with Gasteiger partial charge in [-0.3, -0.25) is 4.68 Å². The third kappa shape index (κ3) is 2.90. The second-order valence-electron chi connectivity index (χ2n) is 7.02. The van der Waals surface area contributed by atoms with Crippen LogP contribution in [0, 0.1) is 5.92 Å². The average molecular weight is 331 g/mol. The van der Waals surface area contributed by atoms with Crippen molar-refractivity contribution in [3.05, 3.63) is 18.0 Å². The number of tetrazole rings is 1. The van der Waals surface area contributed by atoms with Crippen LogP contribution in [0.4, 0.5) is 5.95 Å². The Kier molecular flexibility index (Phi) is 4.22. The van der Waals surface area contributed by atoms with Crippen LogP contribution in [0.15, 0.2) is 12.3 Å². The summed E-state index contributed by atoms with van der Waals surface area (Å²) in [5.74, 6) is 1.66. The third-order valence-electron chi connectivity index (χ3n) is 5.36. The molecule has 130 valence electrons. The molecule has 24 heavy (non-hydrogen) atoms. The summed E-state index contributed by atoms with van der Waals surface area (Å²) in [6, 6.07) is 2.28. The Labute approximate surface area is 141 Å². The molecule has 2 atom stereocenters. The molecule has 1 saturated heterocycles. The SMILES string of the molecule is CN(CC1CCC1)c1nnnn1C1CCOC(c2ccnn2C)C1. The lowest BCUT2D eigenvalue weighted by Gasteiger charge is -2.33. The lowest BCUT2D eigenvalue weighted by molar-refractivity contribution is -0.0137. The predicted octanol–water partition coefficient (Wildman–Crippen LogP) is 1.74. The quantitative estimate of drug-likeness (QED) is 0.831. The Morgan fingerprint density at radius 1 is 1.33 bits per heavy atom. The van der Waals surface area contributed by atoms with Crippen LogP contribution < -0.4 is 4.90 Å². The van der Waals surface area contributed by atoms with Gasteiger partial charge in [0.2, 0.25) is 5.95 Å². The zero-order chi connectivity index (χ0) is 16.5. The summed E-state index contributed by atoms with van der Waals surface area (Å²) >= 11 is 0. The number of rotatable bonds is 5. The molecule has 1 aliphatic heterocycles. The highest BCUT2D eigenvalue weighted by Crippen LogP contribution is 2.35. The van der Waals surface area contributed by atoms with E-state index in [1.807, 2.05) is 28.7 Å². The normalized spacial score (nSPS) is 24.8. The Balaban J connectivity index is 1.49. The first-order chi connectivity index (χ1) is 11.7. The van der Waals surface area contributed by atoms with Crippen LogP contribution >= 0.6 is 0 Å². The number of anilines is 1. The fourth-order valence-corrected chi connectivity index (χ4v) is 3.73. The third-order valence-corrected chi connectivity index (χ3v) is 5.36. The minimum atomic E-state index is 0.0465. The monoisotopic (exact) mass is 331 g/mol. The van der Waals surface area contributed by atoms with Crippen molar-refractivity contribution in [3.8, 4) is 0 Å². The average Bonchev–Trinajstić information content (AvgIpc) is 3.19. The standard InChI is InChI=1S/C16H25N7O/c1-21(11-12-4-3-5-12)16-18-19-20-23(16)13-7-9-24-15(10-13)14-6-8-17-22(14)2/h6,8,12-13,15H,3-5,7,9-11H2,1-2H3. The lowest BCUT2D eigenvalue weighted by atomic mass is 9.85. The first-order valence-corrected chi connectivity index (χ1v) is 8.81. The molecule has 8 nitrogen and oxygen atoms in total. The molecule has 4 rings (SSSR count). The Bertz CT molecular complexity index is 678. The van der Waals surface area contributed by atoms with Gasteiger partial charge in [-0.05, 0) is 41.7 Å². The number of ether oxygens (including phenoxy) is 1. The van der Waals surface area contributed by atoms with E-state index in [0.29, 0.717) is 6.61 Å². The molecule has 1 aliphatic carbocycles. The van der Waals surface area contributed by atoms with Crippen molar-refractivity contribution < 1.29 is 4.74 Å². The van der Waals surface area contributed by atoms with Crippen LogP contribution in [0.1, 0.15) is 49.9 Å². The highest BCUT2D eigenvalue weighted by Gasteiger charge is 2.30. The van der Waals surface area contributed by atoms with Crippen molar-refractivity contribution in [3.63, 3.8) is 0 Å². The van der Waals surface area contributed by atoms with Gasteiger partial charge < -0.3 is 9.64 Å². The lowest BCUT2D eigenvalue weighted by Crippen LogP contribution is -2.33. The summed E-state index contributed by atoms with van der Waals surface area (Å²) in [5.41, 5.74) is 1.11. The van der Waals surface area contributed by atoms with Crippen molar-refractivity contribution in [2.24, 2.45) is 13.0 Å². The van der Waals surface area contributed by atoms with Crippen molar-refractivity contribution in [2.45, 2.75) is 44.2 Å². The van der Waals surface area contributed by atoms with Gasteiger partial charge in [-0.15, -0.1) is 0 Å². The fourth-order valence-electron chi connectivity index (χ4n) is 3.73. The first kappa shape index (κ1) is 15.6. The molecule has 0 aromatic carbocycles. The summed E-state index contributed by atoms with van der Waals surface area (Å²) < 4.78 is 9.84. The number of aromatic nitrogens is 6. The molecule has 2 aliphatic rings. The molecule has 0 amide bonds. The maximum Gasteiger partial charge on any atom is 0.245 e. The molecule has 2 unspecified atom stereocenters. The van der Waals surface area contributed by atoms with Gasteiger partial charge in [-0.2, -0.15) is 5.10 Å². The van der Waals surface area contributed by atoms with Crippen molar-refractivity contribution in [2.75, 3.05) is 25.1 Å². The number of hydrogen-bond acceptors (Lipinski definition) is 6. The van der Waals surface area contributed by atoms with Crippen LogP contribution in [0.2, 0.25) is 0 Å². The summed E-state index contributed by atoms with van der Waals surface area (Å²) in [5, 5.41) is 16.8. The molecule has 1 saturated carbocycles. The molecule has 2 fully saturated rings. The van der Waals surface area contributed by atoms with Gasteiger partial charge in [0, 0.05) is 39.9 Å². The van der Waals surface area contributed by atoms with E-state index in [2.05, 4.69) is 32.6 Å². The Hall–Kier alpha value is -1.96. The van der Waals surface area contributed by atoms with E-state index in [1.165, 1.54) is 19.3 Å². The maximum absolute atomic E-state index is 5.97. The van der Waals surface area contributed by atoms with Gasteiger partial charge in [0.1, 0.15) is 6.10 Å². The van der Waals surface area contributed by atoms with Crippen LogP contribution in [0.25, 0.3) is 0 Å². The van der Waals surface area contributed by atoms with Crippen LogP contribution in [-0.4, -0.2) is 50.2 Å². The van der Waals surface area contributed by atoms with Gasteiger partial charge in [0.05, 0.1) is 11.7 Å². The second kappa shape index (κ2) is 6.51. The molecular weight excluding hydrogens is 306 g/mol. The summed E-state index contributed by atoms with van der Waals surface area (Å²) in [4.78, 5) is 2.21. The smallest absolute Gasteiger partial charge is 0.245 e. The highest BCUT2D eigenvalue weighted by molar-refractivity contribution is 5.27. The minimum Gasteiger partial charge on any atom is -0.372 e. The van der Waals surface area contributed by atoms with Crippen LogP contribution in [-0.2, 0) is 11.8 Å². The molecule has 2 aromatic heterocycles. The zero-order valence-corrected chi connectivity index (χ0v) is 14.4. The number of aryl methyl sites for hydroxylation is 1. The van der Waals surface area contributed by atoms with Crippen molar-refractivity contribution >= 4 is 5.95 Å². The molecular formula is C16H25N7O. The molecule has 0 N–H and O–H groups in total. The van der Waals surface area contributed by atoms with E-state index in [4.69, 9.17) is 4.74 Å². The van der Waals surface area contributed by atoms with Crippen LogP contribution in [0.3, 0.4) is 0 Å². The van der Waals surface area contributed by atoms with Gasteiger partial charge >= 0.3 is 0 Å². The maximum atomic E-state index is 5.97.